The molecule has 19 heavy (non-hydrogen) atoms. The molecule has 0 aliphatic carbocycles. The Morgan fingerprint density at radius 1 is 1.05 bits per heavy atom. The fourth-order valence-corrected chi connectivity index (χ4v) is 2.77. The molecule has 0 bridgehead atoms. The summed E-state index contributed by atoms with van der Waals surface area (Å²) < 4.78 is 2.41. The smallest absolute Gasteiger partial charge is 0.0513 e. The van der Waals surface area contributed by atoms with Gasteiger partial charge in [-0.2, -0.15) is 0 Å². The first-order valence-corrected chi connectivity index (χ1v) is 7.63. The fourth-order valence-electron chi connectivity index (χ4n) is 2.77. The van der Waals surface area contributed by atoms with E-state index >= 15 is 0 Å². The van der Waals surface area contributed by atoms with Gasteiger partial charge in [-0.25, -0.2) is 0 Å². The van der Waals surface area contributed by atoms with Crippen LogP contribution in [0.1, 0.15) is 44.6 Å². The molecule has 2 nitrogen and oxygen atoms in total. The van der Waals surface area contributed by atoms with Crippen LogP contribution in [0.25, 0.3) is 10.9 Å². The van der Waals surface area contributed by atoms with Crippen LogP contribution in [0.5, 0.6) is 0 Å². The lowest BCUT2D eigenvalue weighted by atomic mass is 10.1. The zero-order valence-corrected chi connectivity index (χ0v) is 12.1. The SMILES string of the molecule is CCCCCCCn1ccc2cccc(CCN)c21. The Labute approximate surface area is 116 Å². The summed E-state index contributed by atoms with van der Waals surface area (Å²) in [7, 11) is 0. The highest BCUT2D eigenvalue weighted by molar-refractivity contribution is 5.83. The monoisotopic (exact) mass is 258 g/mol. The van der Waals surface area contributed by atoms with Crippen LogP contribution in [0.2, 0.25) is 0 Å². The molecule has 1 heterocycles. The van der Waals surface area contributed by atoms with Crippen LogP contribution in [-0.4, -0.2) is 11.1 Å². The summed E-state index contributed by atoms with van der Waals surface area (Å²) in [5, 5.41) is 1.35. The van der Waals surface area contributed by atoms with Crippen LogP contribution < -0.4 is 5.73 Å². The highest BCUT2D eigenvalue weighted by atomic mass is 14.9. The van der Waals surface area contributed by atoms with E-state index < -0.39 is 0 Å². The minimum absolute atomic E-state index is 0.723. The number of aryl methyl sites for hydroxylation is 1. The largest absolute Gasteiger partial charge is 0.347 e. The van der Waals surface area contributed by atoms with Gasteiger partial charge >= 0.3 is 0 Å². The number of rotatable bonds is 8. The Hall–Kier alpha value is -1.28. The molecular weight excluding hydrogens is 232 g/mol. The molecule has 1 aromatic heterocycles. The zero-order valence-electron chi connectivity index (χ0n) is 12.1. The maximum Gasteiger partial charge on any atom is 0.0513 e. The van der Waals surface area contributed by atoms with E-state index in [-0.39, 0.29) is 0 Å². The number of hydrogen-bond acceptors (Lipinski definition) is 1. The number of unbranched alkanes of at least 4 members (excludes halogenated alkanes) is 4. The van der Waals surface area contributed by atoms with Gasteiger partial charge in [0, 0.05) is 12.7 Å². The number of benzene rings is 1. The van der Waals surface area contributed by atoms with Crippen molar-refractivity contribution in [1.29, 1.82) is 0 Å². The summed E-state index contributed by atoms with van der Waals surface area (Å²) in [6, 6.07) is 8.77. The fraction of sp³-hybridized carbons (Fsp3) is 0.529. The molecule has 0 aliphatic rings. The van der Waals surface area contributed by atoms with Crippen LogP contribution >= 0.6 is 0 Å². The Morgan fingerprint density at radius 2 is 1.89 bits per heavy atom. The third kappa shape index (κ3) is 3.60. The predicted molar refractivity (Wildman–Crippen MR) is 83.5 cm³/mol. The minimum Gasteiger partial charge on any atom is -0.347 e. The summed E-state index contributed by atoms with van der Waals surface area (Å²) in [5.74, 6) is 0. The second-order valence-electron chi connectivity index (χ2n) is 5.32. The molecule has 2 aromatic rings. The minimum atomic E-state index is 0.723. The van der Waals surface area contributed by atoms with Crippen molar-refractivity contribution in [3.8, 4) is 0 Å². The molecule has 1 aromatic carbocycles. The Kier molecular flexibility index (Phi) is 5.46. The molecule has 0 saturated carbocycles. The molecule has 2 N–H and O–H groups in total. The zero-order chi connectivity index (χ0) is 13.5. The van der Waals surface area contributed by atoms with Crippen LogP contribution in [0.4, 0.5) is 0 Å². The topological polar surface area (TPSA) is 30.9 Å². The number of hydrogen-bond donors (Lipinski definition) is 1. The third-order valence-electron chi connectivity index (χ3n) is 3.79. The Bertz CT molecular complexity index is 499. The summed E-state index contributed by atoms with van der Waals surface area (Å²) in [5.41, 5.74) is 8.50. The standard InChI is InChI=1S/C17H26N2/c1-2-3-4-5-6-13-19-14-11-16-9-7-8-15(10-12-18)17(16)19/h7-9,11,14H,2-6,10,12-13,18H2,1H3. The maximum absolute atomic E-state index is 5.72. The number of nitrogens with two attached hydrogens (primary N) is 1. The molecule has 0 unspecified atom stereocenters. The molecule has 0 amide bonds. The summed E-state index contributed by atoms with van der Waals surface area (Å²) in [6.45, 7) is 4.12. The van der Waals surface area contributed by atoms with Crippen LogP contribution in [0.15, 0.2) is 30.5 Å². The number of fused-ring (bicyclic) bond motifs is 1. The van der Waals surface area contributed by atoms with Crippen molar-refractivity contribution >= 4 is 10.9 Å². The molecule has 0 aliphatic heterocycles. The van der Waals surface area contributed by atoms with Gasteiger partial charge < -0.3 is 10.3 Å². The summed E-state index contributed by atoms with van der Waals surface area (Å²) in [6.07, 6.45) is 9.86. The third-order valence-corrected chi connectivity index (χ3v) is 3.79. The molecular formula is C17H26N2. The van der Waals surface area contributed by atoms with Crippen molar-refractivity contribution < 1.29 is 0 Å². The summed E-state index contributed by atoms with van der Waals surface area (Å²) in [4.78, 5) is 0. The van der Waals surface area contributed by atoms with E-state index in [1.54, 1.807) is 0 Å². The number of nitrogens with zero attached hydrogens (tertiary/aromatic N) is 1. The lowest BCUT2D eigenvalue weighted by Crippen LogP contribution is -2.05. The summed E-state index contributed by atoms with van der Waals surface area (Å²) >= 11 is 0. The second kappa shape index (κ2) is 7.34. The van der Waals surface area contributed by atoms with Gasteiger partial charge in [0.1, 0.15) is 0 Å². The van der Waals surface area contributed by atoms with E-state index in [4.69, 9.17) is 5.73 Å². The normalized spacial score (nSPS) is 11.3. The molecule has 0 spiro atoms. The highest BCUT2D eigenvalue weighted by Gasteiger charge is 2.05. The average molecular weight is 258 g/mol. The van der Waals surface area contributed by atoms with E-state index in [9.17, 15) is 0 Å². The van der Waals surface area contributed by atoms with Crippen molar-refractivity contribution in [3.63, 3.8) is 0 Å². The Balaban J connectivity index is 2.05. The van der Waals surface area contributed by atoms with Gasteiger partial charge in [-0.05, 0) is 36.4 Å². The van der Waals surface area contributed by atoms with Gasteiger partial charge in [-0.1, -0.05) is 50.8 Å². The quantitative estimate of drug-likeness (QED) is 0.710. The predicted octanol–water partition coefficient (Wildman–Crippen LogP) is 4.11. The van der Waals surface area contributed by atoms with Crippen LogP contribution in [-0.2, 0) is 13.0 Å². The van der Waals surface area contributed by atoms with Crippen LogP contribution in [0.3, 0.4) is 0 Å². The van der Waals surface area contributed by atoms with Crippen molar-refractivity contribution in [2.75, 3.05) is 6.54 Å². The van der Waals surface area contributed by atoms with Crippen LogP contribution in [0, 0.1) is 0 Å². The van der Waals surface area contributed by atoms with E-state index in [1.165, 1.54) is 48.6 Å². The second-order valence-corrected chi connectivity index (χ2v) is 5.32. The van der Waals surface area contributed by atoms with Crippen molar-refractivity contribution in [1.82, 2.24) is 4.57 Å². The first-order chi connectivity index (χ1) is 9.36. The van der Waals surface area contributed by atoms with Crippen molar-refractivity contribution in [2.45, 2.75) is 52.0 Å². The van der Waals surface area contributed by atoms with Gasteiger partial charge in [-0.3, -0.25) is 0 Å². The lowest BCUT2D eigenvalue weighted by Gasteiger charge is -2.09. The molecule has 2 heteroatoms. The van der Waals surface area contributed by atoms with E-state index in [0.29, 0.717) is 0 Å². The van der Waals surface area contributed by atoms with Crippen molar-refractivity contribution in [2.24, 2.45) is 5.73 Å². The first kappa shape index (κ1) is 14.1. The lowest BCUT2D eigenvalue weighted by molar-refractivity contribution is 0.577. The molecule has 104 valence electrons. The number of para-hydroxylation sites is 1. The molecule has 0 atom stereocenters. The molecule has 0 radical (unpaired) electrons. The Morgan fingerprint density at radius 3 is 2.68 bits per heavy atom. The van der Waals surface area contributed by atoms with Gasteiger partial charge in [0.2, 0.25) is 0 Å². The van der Waals surface area contributed by atoms with Crippen molar-refractivity contribution in [3.05, 3.63) is 36.0 Å². The van der Waals surface area contributed by atoms with E-state index in [1.807, 2.05) is 0 Å². The molecule has 0 fully saturated rings. The first-order valence-electron chi connectivity index (χ1n) is 7.63. The molecule has 2 rings (SSSR count). The van der Waals surface area contributed by atoms with Gasteiger partial charge in [-0.15, -0.1) is 0 Å². The van der Waals surface area contributed by atoms with Gasteiger partial charge in [0.15, 0.2) is 0 Å². The average Bonchev–Trinajstić information content (AvgIpc) is 2.83. The number of aromatic nitrogens is 1. The highest BCUT2D eigenvalue weighted by Crippen LogP contribution is 2.21. The van der Waals surface area contributed by atoms with Gasteiger partial charge in [0.25, 0.3) is 0 Å². The van der Waals surface area contributed by atoms with Gasteiger partial charge in [0.05, 0.1) is 5.52 Å². The van der Waals surface area contributed by atoms with E-state index in [2.05, 4.69) is 42.0 Å². The maximum atomic E-state index is 5.72. The molecule has 0 saturated heterocycles. The van der Waals surface area contributed by atoms with E-state index in [0.717, 1.165) is 19.5 Å².